The van der Waals surface area contributed by atoms with Crippen LogP contribution in [0.25, 0.3) is 0 Å². The van der Waals surface area contributed by atoms with E-state index in [2.05, 4.69) is 21.7 Å². The van der Waals surface area contributed by atoms with Gasteiger partial charge in [0.15, 0.2) is 0 Å². The van der Waals surface area contributed by atoms with E-state index in [4.69, 9.17) is 11.6 Å². The Kier molecular flexibility index (Phi) is 4.54. The van der Waals surface area contributed by atoms with Gasteiger partial charge in [-0.25, -0.2) is 4.98 Å². The Labute approximate surface area is 111 Å². The minimum atomic E-state index is 0.371. The molecule has 0 bridgehead atoms. The van der Waals surface area contributed by atoms with Crippen LogP contribution in [0.4, 0.5) is 0 Å². The summed E-state index contributed by atoms with van der Waals surface area (Å²) in [6.45, 7) is 0.904. The molecule has 0 fully saturated rings. The van der Waals surface area contributed by atoms with Gasteiger partial charge in [-0.15, -0.1) is 11.3 Å². The van der Waals surface area contributed by atoms with Crippen molar-refractivity contribution in [2.45, 2.75) is 12.3 Å². The molecule has 2 rings (SSSR count). The predicted molar refractivity (Wildman–Crippen MR) is 73.9 cm³/mol. The minimum absolute atomic E-state index is 0.371. The zero-order valence-corrected chi connectivity index (χ0v) is 11.3. The molecule has 1 N–H and O–H groups in total. The third-order valence-electron chi connectivity index (χ3n) is 2.73. The summed E-state index contributed by atoms with van der Waals surface area (Å²) >= 11 is 7.88. The highest BCUT2D eigenvalue weighted by Crippen LogP contribution is 2.26. The van der Waals surface area contributed by atoms with Gasteiger partial charge < -0.3 is 5.32 Å². The Morgan fingerprint density at radius 3 is 2.88 bits per heavy atom. The SMILES string of the molecule is CNCC(Cc1cscn1)c1ccccc1Cl. The molecule has 0 saturated carbocycles. The Morgan fingerprint density at radius 2 is 2.24 bits per heavy atom. The summed E-state index contributed by atoms with van der Waals surface area (Å²) in [6, 6.07) is 8.04. The number of aromatic nitrogens is 1. The van der Waals surface area contributed by atoms with E-state index in [-0.39, 0.29) is 0 Å². The summed E-state index contributed by atoms with van der Waals surface area (Å²) < 4.78 is 0. The van der Waals surface area contributed by atoms with Gasteiger partial charge in [-0.1, -0.05) is 29.8 Å². The van der Waals surface area contributed by atoms with Crippen molar-refractivity contribution in [2.75, 3.05) is 13.6 Å². The molecular weight excluding hydrogens is 252 g/mol. The van der Waals surface area contributed by atoms with Crippen molar-refractivity contribution in [3.63, 3.8) is 0 Å². The number of hydrogen-bond acceptors (Lipinski definition) is 3. The van der Waals surface area contributed by atoms with Gasteiger partial charge in [0.2, 0.25) is 0 Å². The van der Waals surface area contributed by atoms with Crippen LogP contribution >= 0.6 is 22.9 Å². The molecule has 2 nitrogen and oxygen atoms in total. The molecule has 1 aromatic carbocycles. The molecule has 0 aliphatic heterocycles. The van der Waals surface area contributed by atoms with Crippen LogP contribution in [0.2, 0.25) is 5.02 Å². The highest BCUT2D eigenvalue weighted by atomic mass is 35.5. The van der Waals surface area contributed by atoms with Crippen LogP contribution in [0.3, 0.4) is 0 Å². The Balaban J connectivity index is 2.20. The molecule has 4 heteroatoms. The molecule has 1 heterocycles. The molecule has 0 spiro atoms. The summed E-state index contributed by atoms with van der Waals surface area (Å²) in [5, 5.41) is 6.16. The molecule has 0 aliphatic carbocycles. The minimum Gasteiger partial charge on any atom is -0.319 e. The van der Waals surface area contributed by atoms with Crippen LogP contribution < -0.4 is 5.32 Å². The lowest BCUT2D eigenvalue weighted by Gasteiger charge is -2.17. The molecule has 1 atom stereocenters. The number of hydrogen-bond donors (Lipinski definition) is 1. The number of benzene rings is 1. The second-order valence-electron chi connectivity index (χ2n) is 3.96. The van der Waals surface area contributed by atoms with Crippen molar-refractivity contribution in [2.24, 2.45) is 0 Å². The van der Waals surface area contributed by atoms with Gasteiger partial charge >= 0.3 is 0 Å². The van der Waals surface area contributed by atoms with Crippen molar-refractivity contribution in [3.8, 4) is 0 Å². The molecule has 0 aliphatic rings. The van der Waals surface area contributed by atoms with Crippen LogP contribution in [0.5, 0.6) is 0 Å². The topological polar surface area (TPSA) is 24.9 Å². The largest absolute Gasteiger partial charge is 0.319 e. The summed E-state index contributed by atoms with van der Waals surface area (Å²) in [4.78, 5) is 4.34. The molecule has 0 saturated heterocycles. The van der Waals surface area contributed by atoms with E-state index >= 15 is 0 Å². The fraction of sp³-hybridized carbons (Fsp3) is 0.308. The highest BCUT2D eigenvalue weighted by molar-refractivity contribution is 7.07. The van der Waals surface area contributed by atoms with Gasteiger partial charge in [-0.3, -0.25) is 0 Å². The first-order valence-electron chi connectivity index (χ1n) is 5.57. The van der Waals surface area contributed by atoms with Crippen molar-refractivity contribution in [1.29, 1.82) is 0 Å². The Bertz CT molecular complexity index is 456. The molecular formula is C13H15ClN2S. The summed E-state index contributed by atoms with van der Waals surface area (Å²) in [5.41, 5.74) is 4.20. The average Bonchev–Trinajstić information content (AvgIpc) is 2.82. The first-order valence-corrected chi connectivity index (χ1v) is 6.89. The van der Waals surface area contributed by atoms with Gasteiger partial charge in [0, 0.05) is 22.9 Å². The monoisotopic (exact) mass is 266 g/mol. The van der Waals surface area contributed by atoms with Crippen LogP contribution in [0.15, 0.2) is 35.2 Å². The second kappa shape index (κ2) is 6.15. The third kappa shape index (κ3) is 3.28. The first kappa shape index (κ1) is 12.6. The Hall–Kier alpha value is -0.900. The molecule has 90 valence electrons. The van der Waals surface area contributed by atoms with E-state index in [0.29, 0.717) is 5.92 Å². The Morgan fingerprint density at radius 1 is 1.41 bits per heavy atom. The standard InChI is InChI=1S/C13H15ClN2S/c1-15-7-10(6-11-8-17-9-16-11)12-4-2-3-5-13(12)14/h2-5,8-10,15H,6-7H2,1H3. The third-order valence-corrected chi connectivity index (χ3v) is 3.71. The van der Waals surface area contributed by atoms with Crippen LogP contribution in [0, 0.1) is 0 Å². The van der Waals surface area contributed by atoms with E-state index in [0.717, 1.165) is 23.7 Å². The van der Waals surface area contributed by atoms with Crippen LogP contribution in [-0.4, -0.2) is 18.6 Å². The number of nitrogens with one attached hydrogen (secondary N) is 1. The maximum Gasteiger partial charge on any atom is 0.0794 e. The lowest BCUT2D eigenvalue weighted by Crippen LogP contribution is -2.19. The fourth-order valence-corrected chi connectivity index (χ4v) is 2.80. The van der Waals surface area contributed by atoms with Crippen LogP contribution in [-0.2, 0) is 6.42 Å². The zero-order chi connectivity index (χ0) is 12.1. The summed E-state index contributed by atoms with van der Waals surface area (Å²) in [6.07, 6.45) is 0.925. The van der Waals surface area contributed by atoms with E-state index < -0.39 is 0 Å². The number of rotatable bonds is 5. The lowest BCUT2D eigenvalue weighted by molar-refractivity contribution is 0.620. The van der Waals surface area contributed by atoms with E-state index in [1.165, 1.54) is 5.56 Å². The van der Waals surface area contributed by atoms with Crippen molar-refractivity contribution >= 4 is 22.9 Å². The molecule has 1 unspecified atom stereocenters. The fourth-order valence-electron chi connectivity index (χ4n) is 1.94. The summed E-state index contributed by atoms with van der Waals surface area (Å²) in [5.74, 6) is 0.371. The van der Waals surface area contributed by atoms with Gasteiger partial charge in [0.05, 0.1) is 11.2 Å². The predicted octanol–water partition coefficient (Wildman–Crippen LogP) is 3.34. The smallest absolute Gasteiger partial charge is 0.0794 e. The average molecular weight is 267 g/mol. The van der Waals surface area contributed by atoms with E-state index in [9.17, 15) is 0 Å². The number of thiazole rings is 1. The number of halogens is 1. The number of nitrogens with zero attached hydrogens (tertiary/aromatic N) is 1. The molecule has 0 radical (unpaired) electrons. The second-order valence-corrected chi connectivity index (χ2v) is 5.09. The zero-order valence-electron chi connectivity index (χ0n) is 9.69. The van der Waals surface area contributed by atoms with Crippen molar-refractivity contribution in [3.05, 3.63) is 51.4 Å². The normalized spacial score (nSPS) is 12.6. The van der Waals surface area contributed by atoms with Crippen LogP contribution in [0.1, 0.15) is 17.2 Å². The van der Waals surface area contributed by atoms with Gasteiger partial charge in [0.1, 0.15) is 0 Å². The molecule has 1 aromatic heterocycles. The van der Waals surface area contributed by atoms with Gasteiger partial charge in [0.25, 0.3) is 0 Å². The first-order chi connectivity index (χ1) is 8.31. The van der Waals surface area contributed by atoms with Crippen molar-refractivity contribution < 1.29 is 0 Å². The van der Waals surface area contributed by atoms with E-state index in [1.807, 2.05) is 30.8 Å². The summed E-state index contributed by atoms with van der Waals surface area (Å²) in [7, 11) is 1.96. The van der Waals surface area contributed by atoms with E-state index in [1.54, 1.807) is 11.3 Å². The van der Waals surface area contributed by atoms with Crippen molar-refractivity contribution in [1.82, 2.24) is 10.3 Å². The maximum absolute atomic E-state index is 6.25. The van der Waals surface area contributed by atoms with Gasteiger partial charge in [-0.2, -0.15) is 0 Å². The van der Waals surface area contributed by atoms with Gasteiger partial charge in [-0.05, 0) is 25.1 Å². The molecule has 0 amide bonds. The maximum atomic E-state index is 6.25. The molecule has 17 heavy (non-hydrogen) atoms. The highest BCUT2D eigenvalue weighted by Gasteiger charge is 2.15. The molecule has 2 aromatic rings. The quantitative estimate of drug-likeness (QED) is 0.898. The number of likely N-dealkylation sites (N-methyl/N-ethyl adjacent to an activating group) is 1. The lowest BCUT2D eigenvalue weighted by atomic mass is 9.94.